The maximum Gasteiger partial charge on any atom is 0.164 e. The van der Waals surface area contributed by atoms with E-state index in [9.17, 15) is 5.11 Å². The lowest BCUT2D eigenvalue weighted by atomic mass is 10.2. The van der Waals surface area contributed by atoms with Gasteiger partial charge in [-0.05, 0) is 26.0 Å². The molecule has 0 radical (unpaired) electrons. The monoisotopic (exact) mass is 295 g/mol. The van der Waals surface area contributed by atoms with Crippen molar-refractivity contribution < 1.29 is 5.11 Å². The molecule has 1 aromatic carbocycles. The van der Waals surface area contributed by atoms with E-state index in [1.54, 1.807) is 0 Å². The first kappa shape index (κ1) is 12.3. The fraction of sp³-hybridized carbons (Fsp3) is 0.333. The number of aromatic nitrogens is 3. The molecule has 0 aliphatic carbocycles. The number of nitrogens with zero attached hydrogens (tertiary/aromatic N) is 3. The molecule has 0 spiro atoms. The molecule has 1 N–H and O–H groups in total. The van der Waals surface area contributed by atoms with Gasteiger partial charge in [-0.2, -0.15) is 0 Å². The van der Waals surface area contributed by atoms with Crippen molar-refractivity contribution in [3.05, 3.63) is 34.6 Å². The van der Waals surface area contributed by atoms with Crippen molar-refractivity contribution in [2.75, 3.05) is 0 Å². The molecule has 0 bridgehead atoms. The van der Waals surface area contributed by atoms with Crippen LogP contribution in [0.15, 0.2) is 28.7 Å². The Labute approximate surface area is 108 Å². The minimum atomic E-state index is -0.0980. The van der Waals surface area contributed by atoms with Gasteiger partial charge in [0.1, 0.15) is 6.61 Å². The lowest BCUT2D eigenvalue weighted by Crippen LogP contribution is -2.08. The van der Waals surface area contributed by atoms with Crippen LogP contribution in [-0.4, -0.2) is 19.9 Å². The Bertz CT molecular complexity index is 522. The highest BCUT2D eigenvalue weighted by atomic mass is 79.9. The third kappa shape index (κ3) is 2.40. The van der Waals surface area contributed by atoms with Gasteiger partial charge in [-0.1, -0.05) is 28.1 Å². The molecular formula is C12H14BrN3O. The first-order chi connectivity index (χ1) is 8.13. The molecule has 0 unspecified atom stereocenters. The summed E-state index contributed by atoms with van der Waals surface area (Å²) in [5.74, 6) is 1.38. The number of aliphatic hydroxyl groups is 1. The van der Waals surface area contributed by atoms with E-state index in [2.05, 4.69) is 26.1 Å². The Morgan fingerprint density at radius 1 is 1.35 bits per heavy atom. The zero-order valence-electron chi connectivity index (χ0n) is 9.76. The van der Waals surface area contributed by atoms with Gasteiger partial charge in [0.25, 0.3) is 0 Å². The van der Waals surface area contributed by atoms with Crippen LogP contribution in [0.3, 0.4) is 0 Å². The number of hydrogen-bond donors (Lipinski definition) is 1. The smallest absolute Gasteiger partial charge is 0.164 e. The summed E-state index contributed by atoms with van der Waals surface area (Å²) >= 11 is 3.44. The zero-order chi connectivity index (χ0) is 12.4. The Morgan fingerprint density at radius 3 is 2.71 bits per heavy atom. The fourth-order valence-electron chi connectivity index (χ4n) is 1.80. The van der Waals surface area contributed by atoms with Gasteiger partial charge in [0, 0.05) is 16.1 Å². The van der Waals surface area contributed by atoms with E-state index < -0.39 is 0 Å². The van der Waals surface area contributed by atoms with Crippen LogP contribution in [0.5, 0.6) is 0 Å². The molecule has 17 heavy (non-hydrogen) atoms. The van der Waals surface area contributed by atoms with Gasteiger partial charge in [-0.15, -0.1) is 10.2 Å². The Morgan fingerprint density at radius 2 is 2.12 bits per heavy atom. The molecule has 90 valence electrons. The van der Waals surface area contributed by atoms with Crippen LogP contribution in [-0.2, 0) is 6.61 Å². The highest BCUT2D eigenvalue weighted by molar-refractivity contribution is 9.10. The van der Waals surface area contributed by atoms with E-state index >= 15 is 0 Å². The summed E-state index contributed by atoms with van der Waals surface area (Å²) in [6.45, 7) is 3.99. The third-order valence-corrected chi connectivity index (χ3v) is 3.00. The Balaban J connectivity index is 2.56. The molecule has 0 aliphatic rings. The SMILES string of the molecule is CC(C)n1c(CO)nnc1-c1cccc(Br)c1. The molecule has 1 aromatic heterocycles. The first-order valence-corrected chi connectivity index (χ1v) is 6.23. The minimum Gasteiger partial charge on any atom is -0.388 e. The van der Waals surface area contributed by atoms with Crippen LogP contribution in [0.25, 0.3) is 11.4 Å². The van der Waals surface area contributed by atoms with Gasteiger partial charge in [0.2, 0.25) is 0 Å². The molecule has 1 heterocycles. The summed E-state index contributed by atoms with van der Waals surface area (Å²) in [5, 5.41) is 17.4. The summed E-state index contributed by atoms with van der Waals surface area (Å²) in [5.41, 5.74) is 0.986. The Kier molecular flexibility index (Phi) is 3.59. The number of benzene rings is 1. The van der Waals surface area contributed by atoms with Gasteiger partial charge in [-0.3, -0.25) is 0 Å². The maximum absolute atomic E-state index is 9.25. The van der Waals surface area contributed by atoms with Crippen molar-refractivity contribution in [2.24, 2.45) is 0 Å². The molecule has 0 aliphatic heterocycles. The second kappa shape index (κ2) is 4.98. The average molecular weight is 296 g/mol. The van der Waals surface area contributed by atoms with Crippen molar-refractivity contribution in [1.29, 1.82) is 0 Å². The van der Waals surface area contributed by atoms with Crippen molar-refractivity contribution >= 4 is 15.9 Å². The van der Waals surface area contributed by atoms with Crippen LogP contribution in [0, 0.1) is 0 Å². The summed E-state index contributed by atoms with van der Waals surface area (Å²) in [4.78, 5) is 0. The molecular weight excluding hydrogens is 282 g/mol. The second-order valence-corrected chi connectivity index (χ2v) is 4.99. The summed E-state index contributed by atoms with van der Waals surface area (Å²) in [6.07, 6.45) is 0. The van der Waals surface area contributed by atoms with Crippen molar-refractivity contribution in [2.45, 2.75) is 26.5 Å². The molecule has 0 atom stereocenters. The summed E-state index contributed by atoms with van der Waals surface area (Å²) in [7, 11) is 0. The van der Waals surface area contributed by atoms with Gasteiger partial charge < -0.3 is 9.67 Å². The van der Waals surface area contributed by atoms with Gasteiger partial charge in [0.15, 0.2) is 11.6 Å². The van der Waals surface area contributed by atoms with Crippen LogP contribution >= 0.6 is 15.9 Å². The molecule has 0 fully saturated rings. The molecule has 5 heteroatoms. The van der Waals surface area contributed by atoms with Gasteiger partial charge >= 0.3 is 0 Å². The van der Waals surface area contributed by atoms with E-state index in [0.717, 1.165) is 15.9 Å². The molecule has 2 aromatic rings. The largest absolute Gasteiger partial charge is 0.388 e. The first-order valence-electron chi connectivity index (χ1n) is 5.44. The normalized spacial score (nSPS) is 11.1. The Hall–Kier alpha value is -1.20. The lowest BCUT2D eigenvalue weighted by Gasteiger charge is -2.13. The van der Waals surface area contributed by atoms with Crippen LogP contribution in [0.1, 0.15) is 25.7 Å². The average Bonchev–Trinajstić information content (AvgIpc) is 2.72. The zero-order valence-corrected chi connectivity index (χ0v) is 11.3. The number of hydrogen-bond acceptors (Lipinski definition) is 3. The second-order valence-electron chi connectivity index (χ2n) is 4.07. The number of halogens is 1. The fourth-order valence-corrected chi connectivity index (χ4v) is 2.20. The topological polar surface area (TPSA) is 50.9 Å². The standard InChI is InChI=1S/C12H14BrN3O/c1-8(2)16-11(7-17)14-15-12(16)9-4-3-5-10(13)6-9/h3-6,8,17H,7H2,1-2H3. The maximum atomic E-state index is 9.25. The van der Waals surface area contributed by atoms with Gasteiger partial charge in [0.05, 0.1) is 0 Å². The predicted molar refractivity (Wildman–Crippen MR) is 69.5 cm³/mol. The molecule has 0 amide bonds. The van der Waals surface area contributed by atoms with E-state index in [0.29, 0.717) is 5.82 Å². The van der Waals surface area contributed by atoms with Crippen molar-refractivity contribution in [1.82, 2.24) is 14.8 Å². The van der Waals surface area contributed by atoms with Gasteiger partial charge in [-0.25, -0.2) is 0 Å². The molecule has 0 saturated carbocycles. The highest BCUT2D eigenvalue weighted by Crippen LogP contribution is 2.24. The van der Waals surface area contributed by atoms with Crippen molar-refractivity contribution in [3.8, 4) is 11.4 Å². The minimum absolute atomic E-state index is 0.0980. The van der Waals surface area contributed by atoms with E-state index in [1.165, 1.54) is 0 Å². The third-order valence-electron chi connectivity index (χ3n) is 2.51. The lowest BCUT2D eigenvalue weighted by molar-refractivity contribution is 0.262. The van der Waals surface area contributed by atoms with E-state index in [1.807, 2.05) is 42.7 Å². The summed E-state index contributed by atoms with van der Waals surface area (Å²) in [6, 6.07) is 8.10. The quantitative estimate of drug-likeness (QED) is 0.947. The highest BCUT2D eigenvalue weighted by Gasteiger charge is 2.15. The molecule has 0 saturated heterocycles. The van der Waals surface area contributed by atoms with E-state index in [-0.39, 0.29) is 12.6 Å². The van der Waals surface area contributed by atoms with Crippen LogP contribution in [0.4, 0.5) is 0 Å². The van der Waals surface area contributed by atoms with Crippen LogP contribution in [0.2, 0.25) is 0 Å². The summed E-state index contributed by atoms with van der Waals surface area (Å²) < 4.78 is 2.95. The van der Waals surface area contributed by atoms with Crippen LogP contribution < -0.4 is 0 Å². The number of rotatable bonds is 3. The van der Waals surface area contributed by atoms with E-state index in [4.69, 9.17) is 0 Å². The number of aliphatic hydroxyl groups excluding tert-OH is 1. The predicted octanol–water partition coefficient (Wildman–Crippen LogP) is 2.78. The van der Waals surface area contributed by atoms with Crippen molar-refractivity contribution in [3.63, 3.8) is 0 Å². The molecule has 2 rings (SSSR count). The molecule has 4 nitrogen and oxygen atoms in total.